The Labute approximate surface area is 185 Å². The Bertz CT molecular complexity index is 367. The number of nitrogens with one attached hydrogen (secondary N) is 2. The number of amides is 1. The van der Waals surface area contributed by atoms with Crippen LogP contribution in [0.25, 0.3) is 0 Å². The molecular formula is C20H45Cl2N5O. The Hall–Kier alpha value is -0.720. The van der Waals surface area contributed by atoms with Crippen LogP contribution >= 0.6 is 0 Å². The van der Waals surface area contributed by atoms with Crippen molar-refractivity contribution in [1.29, 1.82) is 0 Å². The van der Waals surface area contributed by atoms with E-state index in [1.165, 1.54) is 70.6 Å². The number of rotatable bonds is 18. The van der Waals surface area contributed by atoms with Gasteiger partial charge in [0.25, 0.3) is 5.91 Å². The van der Waals surface area contributed by atoms with Crippen LogP contribution in [0.3, 0.4) is 0 Å². The number of nitrogens with two attached hydrogens (primary N) is 2. The van der Waals surface area contributed by atoms with Gasteiger partial charge in [0.2, 0.25) is 0 Å². The number of carbonyl (C=O) groups is 1. The summed E-state index contributed by atoms with van der Waals surface area (Å²) in [6.45, 7) is 3.71. The Morgan fingerprint density at radius 2 is 1.32 bits per heavy atom. The van der Waals surface area contributed by atoms with E-state index in [4.69, 9.17) is 11.5 Å². The van der Waals surface area contributed by atoms with Crippen molar-refractivity contribution in [2.45, 2.75) is 103 Å². The van der Waals surface area contributed by atoms with Crippen molar-refractivity contribution in [2.24, 2.45) is 11.5 Å². The fourth-order valence-electron chi connectivity index (χ4n) is 3.03. The summed E-state index contributed by atoms with van der Waals surface area (Å²) in [7, 11) is 0. The molecule has 0 bridgehead atoms. The van der Waals surface area contributed by atoms with Gasteiger partial charge >= 0.3 is 5.96 Å². The van der Waals surface area contributed by atoms with Gasteiger partial charge in [-0.1, -0.05) is 77.6 Å². The van der Waals surface area contributed by atoms with E-state index in [1.54, 1.807) is 0 Å². The van der Waals surface area contributed by atoms with Crippen LogP contribution in [0.1, 0.15) is 96.8 Å². The van der Waals surface area contributed by atoms with Crippen LogP contribution < -0.4 is 52.3 Å². The lowest BCUT2D eigenvalue weighted by Crippen LogP contribution is -3.00. The monoisotopic (exact) mass is 441 g/mol. The largest absolute Gasteiger partial charge is 1.00 e. The van der Waals surface area contributed by atoms with Gasteiger partial charge in [-0.15, -0.1) is 0 Å². The van der Waals surface area contributed by atoms with Crippen LogP contribution in [0, 0.1) is 0 Å². The highest BCUT2D eigenvalue weighted by Crippen LogP contribution is 2.11. The van der Waals surface area contributed by atoms with Gasteiger partial charge in [0.05, 0.1) is 6.54 Å². The first-order valence-corrected chi connectivity index (χ1v) is 10.8. The first-order valence-electron chi connectivity index (χ1n) is 10.8. The van der Waals surface area contributed by atoms with Gasteiger partial charge in [-0.3, -0.25) is 21.3 Å². The highest BCUT2D eigenvalue weighted by atomic mass is 35.5. The number of hydrogen-bond acceptors (Lipinski definition) is 1. The van der Waals surface area contributed by atoms with Crippen molar-refractivity contribution < 1.29 is 40.3 Å². The van der Waals surface area contributed by atoms with E-state index in [1.807, 2.05) is 0 Å². The van der Waals surface area contributed by atoms with Gasteiger partial charge in [-0.2, -0.15) is 0 Å². The molecule has 0 spiro atoms. The highest BCUT2D eigenvalue weighted by molar-refractivity contribution is 5.79. The second-order valence-corrected chi connectivity index (χ2v) is 7.40. The predicted molar refractivity (Wildman–Crippen MR) is 109 cm³/mol. The quantitative estimate of drug-likeness (QED) is 0.0827. The van der Waals surface area contributed by atoms with E-state index in [0.717, 1.165) is 25.8 Å². The molecule has 8 heteroatoms. The highest BCUT2D eigenvalue weighted by Gasteiger charge is 2.15. The number of guanidine groups is 1. The summed E-state index contributed by atoms with van der Waals surface area (Å²) in [5.41, 5.74) is 14.6. The van der Waals surface area contributed by atoms with Crippen LogP contribution in [-0.2, 0) is 4.79 Å². The molecule has 28 heavy (non-hydrogen) atoms. The third-order valence-electron chi connectivity index (χ3n) is 4.76. The molecule has 0 unspecified atom stereocenters. The standard InChI is InChI=1S/C20H43N5O.2ClH/c1-2-3-4-5-6-7-8-9-10-11-12-13-16-24-19(26)18(21)15-14-17-25-20(22)23;;/h18H,2-17,21H2,1H3,(H,24,26)(H4,22,23,25);2*1H/t18-;;/m0../s1. The van der Waals surface area contributed by atoms with Crippen molar-refractivity contribution in [2.75, 3.05) is 13.1 Å². The van der Waals surface area contributed by atoms with Gasteiger partial charge in [-0.25, -0.2) is 0 Å². The molecular weight excluding hydrogens is 397 g/mol. The zero-order chi connectivity index (χ0) is 19.5. The zero-order valence-corrected chi connectivity index (χ0v) is 19.4. The fraction of sp³-hybridized carbons (Fsp3) is 0.900. The average Bonchev–Trinajstić information content (AvgIpc) is 2.62. The topological polar surface area (TPSA) is 123 Å². The summed E-state index contributed by atoms with van der Waals surface area (Å²) in [4.78, 5) is 14.8. The molecule has 170 valence electrons. The molecule has 0 aliphatic rings. The van der Waals surface area contributed by atoms with Gasteiger partial charge in [0, 0.05) is 13.0 Å². The summed E-state index contributed by atoms with van der Waals surface area (Å²) in [5.74, 6) is 0.278. The van der Waals surface area contributed by atoms with E-state index in [0.29, 0.717) is 6.54 Å². The molecule has 9 N–H and O–H groups in total. The van der Waals surface area contributed by atoms with Crippen molar-refractivity contribution in [1.82, 2.24) is 5.32 Å². The Morgan fingerprint density at radius 3 is 1.79 bits per heavy atom. The Morgan fingerprint density at radius 1 is 0.857 bits per heavy atom. The molecule has 0 aromatic rings. The summed E-state index contributed by atoms with van der Waals surface area (Å²) in [6.07, 6.45) is 17.5. The summed E-state index contributed by atoms with van der Waals surface area (Å²) >= 11 is 0. The molecule has 0 aliphatic carbocycles. The SMILES string of the molecule is CCCCCCCCCCCCCCNC(=O)[C@@H]([NH3+])CCC[NH+]=C(N)N.[Cl-].[Cl-]. The smallest absolute Gasteiger partial charge is 0.338 e. The minimum absolute atomic E-state index is 0. The molecule has 0 saturated carbocycles. The first-order chi connectivity index (χ1) is 12.6. The van der Waals surface area contributed by atoms with Crippen LogP contribution in [0.5, 0.6) is 0 Å². The summed E-state index contributed by atoms with van der Waals surface area (Å²) in [6, 6.07) is -0.201. The van der Waals surface area contributed by atoms with E-state index in [2.05, 4.69) is 23.0 Å². The van der Waals surface area contributed by atoms with Gasteiger partial charge in [0.1, 0.15) is 0 Å². The molecule has 0 rings (SSSR count). The molecule has 0 aromatic heterocycles. The number of halogens is 2. The average molecular weight is 443 g/mol. The lowest BCUT2D eigenvalue weighted by molar-refractivity contribution is -0.463. The van der Waals surface area contributed by atoms with Crippen molar-refractivity contribution in [3.05, 3.63) is 0 Å². The molecule has 0 heterocycles. The second-order valence-electron chi connectivity index (χ2n) is 7.40. The van der Waals surface area contributed by atoms with Gasteiger partial charge in [0.15, 0.2) is 6.04 Å². The molecule has 1 amide bonds. The maximum atomic E-state index is 11.9. The maximum absolute atomic E-state index is 11.9. The number of quaternary nitrogens is 1. The zero-order valence-electron chi connectivity index (χ0n) is 17.9. The fourth-order valence-corrected chi connectivity index (χ4v) is 3.03. The minimum Gasteiger partial charge on any atom is -1.00 e. The van der Waals surface area contributed by atoms with Crippen LogP contribution in [0.2, 0.25) is 0 Å². The van der Waals surface area contributed by atoms with Crippen molar-refractivity contribution in [3.63, 3.8) is 0 Å². The lowest BCUT2D eigenvalue weighted by atomic mass is 10.1. The van der Waals surface area contributed by atoms with E-state index in [-0.39, 0.29) is 42.7 Å². The molecule has 1 atom stereocenters. The molecule has 0 aliphatic heterocycles. The third kappa shape index (κ3) is 23.3. The number of hydrogen-bond donors (Lipinski definition) is 5. The van der Waals surface area contributed by atoms with E-state index in [9.17, 15) is 4.79 Å². The molecule has 0 saturated heterocycles. The van der Waals surface area contributed by atoms with Crippen molar-refractivity contribution >= 4 is 11.9 Å². The van der Waals surface area contributed by atoms with Crippen LogP contribution in [-0.4, -0.2) is 31.0 Å². The van der Waals surface area contributed by atoms with E-state index >= 15 is 0 Å². The second kappa shape index (κ2) is 24.3. The normalized spacial score (nSPS) is 11.1. The summed E-state index contributed by atoms with van der Waals surface area (Å²) < 4.78 is 0. The van der Waals surface area contributed by atoms with Crippen LogP contribution in [0.4, 0.5) is 0 Å². The molecule has 0 fully saturated rings. The van der Waals surface area contributed by atoms with Gasteiger partial charge < -0.3 is 35.9 Å². The summed E-state index contributed by atoms with van der Waals surface area (Å²) in [5, 5.41) is 2.99. The Balaban J connectivity index is -0.00000312. The minimum atomic E-state index is -0.201. The number of unbranched alkanes of at least 4 members (excludes halogenated alkanes) is 11. The Kier molecular flexibility index (Phi) is 27.8. The third-order valence-corrected chi connectivity index (χ3v) is 4.76. The molecule has 0 aromatic carbocycles. The number of carbonyl (C=O) groups excluding carboxylic acids is 1. The molecule has 6 nitrogen and oxygen atoms in total. The van der Waals surface area contributed by atoms with Gasteiger partial charge in [-0.05, 0) is 12.8 Å². The van der Waals surface area contributed by atoms with E-state index < -0.39 is 0 Å². The predicted octanol–water partition coefficient (Wildman–Crippen LogP) is -5.44. The lowest BCUT2D eigenvalue weighted by Gasteiger charge is -2.09. The first kappa shape index (κ1) is 32.0. The van der Waals surface area contributed by atoms with Crippen LogP contribution in [0.15, 0.2) is 0 Å². The van der Waals surface area contributed by atoms with Crippen molar-refractivity contribution in [3.8, 4) is 0 Å². The molecule has 0 radical (unpaired) electrons. The maximum Gasteiger partial charge on any atom is 0.338 e.